The third-order valence-electron chi connectivity index (χ3n) is 4.18. The van der Waals surface area contributed by atoms with E-state index < -0.39 is 0 Å². The minimum Gasteiger partial charge on any atom is -0.372 e. The molecule has 2 heterocycles. The number of halogens is 2. The normalized spacial score (nSPS) is 20.1. The molecule has 2 atom stereocenters. The van der Waals surface area contributed by atoms with Crippen LogP contribution in [0.3, 0.4) is 0 Å². The van der Waals surface area contributed by atoms with Gasteiger partial charge in [-0.1, -0.05) is 17.7 Å². The number of hydrogen-bond donors (Lipinski definition) is 1. The molecule has 1 aromatic heterocycles. The molecule has 0 unspecified atom stereocenters. The van der Waals surface area contributed by atoms with Gasteiger partial charge in [0.25, 0.3) is 5.91 Å². The molecule has 138 valence electrons. The second kappa shape index (κ2) is 8.01. The van der Waals surface area contributed by atoms with Crippen LogP contribution in [0, 0.1) is 5.82 Å². The largest absolute Gasteiger partial charge is 0.372 e. The molecule has 0 aliphatic carbocycles. The molecule has 0 bridgehead atoms. The van der Waals surface area contributed by atoms with Crippen LogP contribution < -0.4 is 10.2 Å². The Morgan fingerprint density at radius 2 is 2.04 bits per heavy atom. The van der Waals surface area contributed by atoms with Crippen LogP contribution in [0.1, 0.15) is 29.9 Å². The van der Waals surface area contributed by atoms with Crippen molar-refractivity contribution in [1.29, 1.82) is 0 Å². The summed E-state index contributed by atoms with van der Waals surface area (Å²) in [5.74, 6) is -0.660. The fourth-order valence-electron chi connectivity index (χ4n) is 3.09. The number of pyridine rings is 1. The van der Waals surface area contributed by atoms with Gasteiger partial charge in [-0.25, -0.2) is 4.39 Å². The van der Waals surface area contributed by atoms with E-state index in [-0.39, 0.29) is 36.2 Å². The van der Waals surface area contributed by atoms with Crippen LogP contribution in [-0.4, -0.2) is 36.2 Å². The van der Waals surface area contributed by atoms with Crippen LogP contribution in [-0.2, 0) is 11.3 Å². The molecule has 1 saturated heterocycles. The molecule has 0 spiro atoms. The molecule has 7 heteroatoms. The van der Waals surface area contributed by atoms with Gasteiger partial charge in [0, 0.05) is 30.9 Å². The van der Waals surface area contributed by atoms with Crippen molar-refractivity contribution >= 4 is 23.2 Å². The third-order valence-corrected chi connectivity index (χ3v) is 4.42. The van der Waals surface area contributed by atoms with E-state index in [4.69, 9.17) is 16.3 Å². The molecule has 0 saturated carbocycles. The van der Waals surface area contributed by atoms with Crippen molar-refractivity contribution in [3.05, 3.63) is 58.6 Å². The quantitative estimate of drug-likeness (QED) is 0.887. The highest BCUT2D eigenvalue weighted by Gasteiger charge is 2.24. The SMILES string of the molecule is C[C@H]1CN(c2ccc(CNC(=O)c3cc(Cl)ccn3)cc2F)C[C@H](C)O1. The minimum atomic E-state index is -0.354. The second-order valence-corrected chi connectivity index (χ2v) is 6.93. The van der Waals surface area contributed by atoms with Crippen molar-refractivity contribution < 1.29 is 13.9 Å². The summed E-state index contributed by atoms with van der Waals surface area (Å²) in [6.45, 7) is 5.47. The lowest BCUT2D eigenvalue weighted by molar-refractivity contribution is -0.00539. The Morgan fingerprint density at radius 3 is 2.69 bits per heavy atom. The van der Waals surface area contributed by atoms with Crippen LogP contribution in [0.25, 0.3) is 0 Å². The van der Waals surface area contributed by atoms with E-state index in [1.165, 1.54) is 18.3 Å². The summed E-state index contributed by atoms with van der Waals surface area (Å²) in [5.41, 5.74) is 1.46. The van der Waals surface area contributed by atoms with Crippen molar-refractivity contribution in [2.45, 2.75) is 32.6 Å². The van der Waals surface area contributed by atoms with Crippen LogP contribution in [0.5, 0.6) is 0 Å². The fourth-order valence-corrected chi connectivity index (χ4v) is 3.25. The summed E-state index contributed by atoms with van der Waals surface area (Å²) in [5, 5.41) is 3.16. The molecule has 1 aliphatic rings. The van der Waals surface area contributed by atoms with Crippen LogP contribution >= 0.6 is 11.6 Å². The summed E-state index contributed by atoms with van der Waals surface area (Å²) >= 11 is 5.86. The van der Waals surface area contributed by atoms with Gasteiger partial charge < -0.3 is 15.0 Å². The van der Waals surface area contributed by atoms with Gasteiger partial charge in [0.2, 0.25) is 0 Å². The Labute approximate surface area is 157 Å². The summed E-state index contributed by atoms with van der Waals surface area (Å²) in [7, 11) is 0. The Hall–Kier alpha value is -2.18. The van der Waals surface area contributed by atoms with Crippen molar-refractivity contribution in [1.82, 2.24) is 10.3 Å². The van der Waals surface area contributed by atoms with Crippen molar-refractivity contribution in [2.24, 2.45) is 0 Å². The van der Waals surface area contributed by atoms with E-state index in [0.29, 0.717) is 29.4 Å². The molecule has 0 radical (unpaired) electrons. The van der Waals surface area contributed by atoms with Gasteiger partial charge >= 0.3 is 0 Å². The molecule has 1 N–H and O–H groups in total. The first-order valence-electron chi connectivity index (χ1n) is 8.51. The number of ether oxygens (including phenoxy) is 1. The average Bonchev–Trinajstić information content (AvgIpc) is 2.59. The van der Waals surface area contributed by atoms with Crippen LogP contribution in [0.4, 0.5) is 10.1 Å². The number of benzene rings is 1. The van der Waals surface area contributed by atoms with Gasteiger partial charge in [-0.15, -0.1) is 0 Å². The van der Waals surface area contributed by atoms with E-state index in [1.54, 1.807) is 12.1 Å². The second-order valence-electron chi connectivity index (χ2n) is 6.49. The topological polar surface area (TPSA) is 54.5 Å². The molecule has 1 aromatic carbocycles. The summed E-state index contributed by atoms with van der Waals surface area (Å²) in [6, 6.07) is 8.10. The molecular weight excluding hydrogens is 357 g/mol. The zero-order valence-electron chi connectivity index (χ0n) is 14.7. The maximum Gasteiger partial charge on any atom is 0.270 e. The first-order chi connectivity index (χ1) is 12.4. The molecule has 1 amide bonds. The zero-order valence-corrected chi connectivity index (χ0v) is 15.5. The first kappa shape index (κ1) is 18.6. The Bertz CT molecular complexity index is 792. The number of carbonyl (C=O) groups is 1. The number of nitrogens with one attached hydrogen (secondary N) is 1. The fraction of sp³-hybridized carbons (Fsp3) is 0.368. The lowest BCUT2D eigenvalue weighted by Crippen LogP contribution is -2.45. The Morgan fingerprint density at radius 1 is 1.31 bits per heavy atom. The van der Waals surface area contributed by atoms with E-state index >= 15 is 0 Å². The molecule has 1 aliphatic heterocycles. The van der Waals surface area contributed by atoms with Gasteiger partial charge in [0.05, 0.1) is 17.9 Å². The predicted octanol–water partition coefficient (Wildman–Crippen LogP) is 3.42. The highest BCUT2D eigenvalue weighted by atomic mass is 35.5. The van der Waals surface area contributed by atoms with E-state index in [2.05, 4.69) is 10.3 Å². The van der Waals surface area contributed by atoms with Gasteiger partial charge in [-0.05, 0) is 43.7 Å². The zero-order chi connectivity index (χ0) is 18.7. The van der Waals surface area contributed by atoms with Crippen molar-refractivity contribution in [2.75, 3.05) is 18.0 Å². The highest BCUT2D eigenvalue weighted by Crippen LogP contribution is 2.24. The van der Waals surface area contributed by atoms with Crippen LogP contribution in [0.2, 0.25) is 5.02 Å². The molecular formula is C19H21ClFN3O2. The molecule has 1 fully saturated rings. The lowest BCUT2D eigenvalue weighted by Gasteiger charge is -2.37. The number of aromatic nitrogens is 1. The minimum absolute atomic E-state index is 0.0577. The highest BCUT2D eigenvalue weighted by molar-refractivity contribution is 6.30. The third kappa shape index (κ3) is 4.51. The van der Waals surface area contributed by atoms with Crippen molar-refractivity contribution in [3.63, 3.8) is 0 Å². The number of hydrogen-bond acceptors (Lipinski definition) is 4. The average molecular weight is 378 g/mol. The number of amides is 1. The van der Waals surface area contributed by atoms with Crippen LogP contribution in [0.15, 0.2) is 36.5 Å². The van der Waals surface area contributed by atoms with Crippen molar-refractivity contribution in [3.8, 4) is 0 Å². The Kier molecular flexibility index (Phi) is 5.74. The number of rotatable bonds is 4. The number of carbonyl (C=O) groups excluding carboxylic acids is 1. The van der Waals surface area contributed by atoms with E-state index in [9.17, 15) is 9.18 Å². The summed E-state index contributed by atoms with van der Waals surface area (Å²) in [6.07, 6.45) is 1.58. The van der Waals surface area contributed by atoms with E-state index in [1.807, 2.05) is 24.8 Å². The molecule has 26 heavy (non-hydrogen) atoms. The number of anilines is 1. The van der Waals surface area contributed by atoms with Gasteiger partial charge in [-0.2, -0.15) is 0 Å². The predicted molar refractivity (Wildman–Crippen MR) is 99.0 cm³/mol. The Balaban J connectivity index is 1.65. The van der Waals surface area contributed by atoms with Gasteiger partial charge in [0.15, 0.2) is 0 Å². The number of morpholine rings is 1. The maximum atomic E-state index is 14.6. The maximum absolute atomic E-state index is 14.6. The molecule has 2 aromatic rings. The number of nitrogens with zero attached hydrogens (tertiary/aromatic N) is 2. The lowest BCUT2D eigenvalue weighted by atomic mass is 10.1. The smallest absolute Gasteiger partial charge is 0.270 e. The van der Waals surface area contributed by atoms with Gasteiger partial charge in [0.1, 0.15) is 11.5 Å². The molecule has 3 rings (SSSR count). The summed E-state index contributed by atoms with van der Waals surface area (Å²) < 4.78 is 20.3. The monoisotopic (exact) mass is 377 g/mol. The van der Waals surface area contributed by atoms with Gasteiger partial charge in [-0.3, -0.25) is 9.78 Å². The molecule has 5 nitrogen and oxygen atoms in total. The summed E-state index contributed by atoms with van der Waals surface area (Å²) in [4.78, 5) is 18.1. The standard InChI is InChI=1S/C19H21ClFN3O2/c1-12-10-24(11-13(2)26-12)18-4-3-14(7-16(18)21)9-23-19(25)17-8-15(20)5-6-22-17/h3-8,12-13H,9-11H2,1-2H3,(H,23,25)/t12-,13-/m0/s1. The van der Waals surface area contributed by atoms with E-state index in [0.717, 1.165) is 0 Å². The first-order valence-corrected chi connectivity index (χ1v) is 8.89.